The van der Waals surface area contributed by atoms with Crippen LogP contribution < -0.4 is 10.5 Å². The molecule has 1 fully saturated rings. The number of pyridine rings is 1. The lowest BCUT2D eigenvalue weighted by Gasteiger charge is -2.25. The first-order valence-electron chi connectivity index (χ1n) is 9.18. The summed E-state index contributed by atoms with van der Waals surface area (Å²) in [5, 5.41) is 0.564. The predicted octanol–water partition coefficient (Wildman–Crippen LogP) is 3.97. The fourth-order valence-electron chi connectivity index (χ4n) is 4.09. The van der Waals surface area contributed by atoms with Gasteiger partial charge in [-0.25, -0.2) is 13.4 Å². The second-order valence-corrected chi connectivity index (χ2v) is 8.80. The van der Waals surface area contributed by atoms with Crippen LogP contribution in [0.15, 0.2) is 52.4 Å². The van der Waals surface area contributed by atoms with Gasteiger partial charge in [0.1, 0.15) is 16.2 Å². The third-order valence-corrected chi connectivity index (χ3v) is 7.18. The molecule has 0 unspecified atom stereocenters. The maximum absolute atomic E-state index is 13.4. The molecule has 27 heavy (non-hydrogen) atoms. The lowest BCUT2D eigenvalue weighted by molar-refractivity contribution is 0.356. The highest BCUT2D eigenvalue weighted by molar-refractivity contribution is 7.92. The van der Waals surface area contributed by atoms with Gasteiger partial charge in [-0.05, 0) is 31.0 Å². The molecule has 1 aliphatic carbocycles. The van der Waals surface area contributed by atoms with E-state index in [2.05, 4.69) is 4.98 Å². The van der Waals surface area contributed by atoms with E-state index in [4.69, 9.17) is 10.5 Å². The van der Waals surface area contributed by atoms with Gasteiger partial charge in [0, 0.05) is 17.6 Å². The van der Waals surface area contributed by atoms with Crippen molar-refractivity contribution in [1.82, 2.24) is 9.55 Å². The normalized spacial score (nSPS) is 15.9. The summed E-state index contributed by atoms with van der Waals surface area (Å²) < 4.78 is 34.2. The fraction of sp³-hybridized carbons (Fsp3) is 0.350. The molecule has 7 heteroatoms. The Morgan fingerprint density at radius 2 is 1.81 bits per heavy atom. The minimum absolute atomic E-state index is 0.148. The minimum atomic E-state index is -3.77. The van der Waals surface area contributed by atoms with Crippen LogP contribution in [0.1, 0.15) is 38.1 Å². The van der Waals surface area contributed by atoms with Crippen molar-refractivity contribution in [2.45, 2.75) is 47.9 Å². The number of nitrogens with two attached hydrogens (primary N) is 1. The zero-order valence-corrected chi connectivity index (χ0v) is 16.1. The Kier molecular flexibility index (Phi) is 4.55. The lowest BCUT2D eigenvalue weighted by Crippen LogP contribution is -2.16. The number of nitrogen functional groups attached to an aromatic ring is 1. The summed E-state index contributed by atoms with van der Waals surface area (Å²) in [5.74, 6) is 0.673. The summed E-state index contributed by atoms with van der Waals surface area (Å²) in [4.78, 5) is 4.68. The SMILES string of the molecule is COc1nccc2c(S(=O)(=O)c3ccccc3)c(N)n(C3CCCCC3)c12. The molecule has 0 saturated heterocycles. The van der Waals surface area contributed by atoms with Crippen LogP contribution in [0.5, 0.6) is 5.88 Å². The molecule has 0 spiro atoms. The molecule has 0 aliphatic heterocycles. The zero-order chi connectivity index (χ0) is 19.0. The highest BCUT2D eigenvalue weighted by Gasteiger charge is 2.32. The fourth-order valence-corrected chi connectivity index (χ4v) is 5.67. The first-order valence-corrected chi connectivity index (χ1v) is 10.7. The molecule has 2 heterocycles. The summed E-state index contributed by atoms with van der Waals surface area (Å²) in [6.45, 7) is 0. The molecule has 2 N–H and O–H groups in total. The molecule has 6 nitrogen and oxygen atoms in total. The van der Waals surface area contributed by atoms with Gasteiger partial charge in [0.15, 0.2) is 0 Å². The maximum atomic E-state index is 13.4. The van der Waals surface area contributed by atoms with Crippen LogP contribution in [-0.4, -0.2) is 25.1 Å². The molecule has 3 aromatic rings. The molecule has 0 radical (unpaired) electrons. The summed E-state index contributed by atoms with van der Waals surface area (Å²) in [6, 6.07) is 10.3. The van der Waals surface area contributed by atoms with E-state index in [9.17, 15) is 8.42 Å². The molecule has 142 valence electrons. The molecule has 1 aliphatic rings. The second kappa shape index (κ2) is 6.88. The number of benzene rings is 1. The molecule has 2 aromatic heterocycles. The Morgan fingerprint density at radius 3 is 2.48 bits per heavy atom. The van der Waals surface area contributed by atoms with E-state index >= 15 is 0 Å². The predicted molar refractivity (Wildman–Crippen MR) is 105 cm³/mol. The van der Waals surface area contributed by atoms with E-state index < -0.39 is 9.84 Å². The maximum Gasteiger partial charge on any atom is 0.238 e. The van der Waals surface area contributed by atoms with Crippen molar-refractivity contribution < 1.29 is 13.2 Å². The monoisotopic (exact) mass is 385 g/mol. The van der Waals surface area contributed by atoms with Gasteiger partial charge in [0.2, 0.25) is 15.7 Å². The van der Waals surface area contributed by atoms with E-state index in [1.807, 2.05) is 4.57 Å². The van der Waals surface area contributed by atoms with Crippen LogP contribution in [-0.2, 0) is 9.84 Å². The summed E-state index contributed by atoms with van der Waals surface area (Å²) in [7, 11) is -2.23. The van der Waals surface area contributed by atoms with Gasteiger partial charge in [-0.2, -0.15) is 0 Å². The molecule has 4 rings (SSSR count). The van der Waals surface area contributed by atoms with Crippen LogP contribution in [0.3, 0.4) is 0 Å². The number of hydrogen-bond donors (Lipinski definition) is 1. The molecule has 0 amide bonds. The van der Waals surface area contributed by atoms with Crippen molar-refractivity contribution in [3.63, 3.8) is 0 Å². The van der Waals surface area contributed by atoms with E-state index in [0.29, 0.717) is 16.8 Å². The van der Waals surface area contributed by atoms with Crippen LogP contribution in [0.25, 0.3) is 10.9 Å². The van der Waals surface area contributed by atoms with Crippen molar-refractivity contribution in [2.75, 3.05) is 12.8 Å². The average Bonchev–Trinajstić information content (AvgIpc) is 3.01. The second-order valence-electron chi connectivity index (χ2n) is 6.91. The van der Waals surface area contributed by atoms with E-state index in [0.717, 1.165) is 25.7 Å². The van der Waals surface area contributed by atoms with Crippen molar-refractivity contribution in [3.05, 3.63) is 42.6 Å². The number of fused-ring (bicyclic) bond motifs is 1. The Bertz CT molecular complexity index is 1070. The first-order chi connectivity index (χ1) is 13.1. The van der Waals surface area contributed by atoms with Crippen LogP contribution in [0.4, 0.5) is 5.82 Å². The Balaban J connectivity index is 2.04. The van der Waals surface area contributed by atoms with Crippen LogP contribution >= 0.6 is 0 Å². The average molecular weight is 385 g/mol. The van der Waals surface area contributed by atoms with E-state index in [-0.39, 0.29) is 21.7 Å². The largest absolute Gasteiger partial charge is 0.479 e. The third-order valence-electron chi connectivity index (χ3n) is 5.32. The number of ether oxygens (including phenoxy) is 1. The molecule has 0 bridgehead atoms. The summed E-state index contributed by atoms with van der Waals surface area (Å²) >= 11 is 0. The highest BCUT2D eigenvalue weighted by Crippen LogP contribution is 2.43. The van der Waals surface area contributed by atoms with Gasteiger partial charge in [-0.1, -0.05) is 37.5 Å². The van der Waals surface area contributed by atoms with Crippen LogP contribution in [0, 0.1) is 0 Å². The quantitative estimate of drug-likeness (QED) is 0.734. The standard InChI is InChI=1S/C20H23N3O3S/c1-26-20-17-16(12-13-22-20)18(27(24,25)15-10-6-3-7-11-15)19(21)23(17)14-8-4-2-5-9-14/h3,6-7,10-14H,2,4-5,8-9,21H2,1H3. The van der Waals surface area contributed by atoms with Crippen molar-refractivity contribution in [1.29, 1.82) is 0 Å². The van der Waals surface area contributed by atoms with Gasteiger partial charge < -0.3 is 15.0 Å². The Morgan fingerprint density at radius 1 is 1.11 bits per heavy atom. The van der Waals surface area contributed by atoms with Crippen molar-refractivity contribution in [2.24, 2.45) is 0 Å². The zero-order valence-electron chi connectivity index (χ0n) is 15.3. The lowest BCUT2D eigenvalue weighted by atomic mass is 9.95. The van der Waals surface area contributed by atoms with E-state index in [1.54, 1.807) is 49.7 Å². The van der Waals surface area contributed by atoms with Gasteiger partial charge >= 0.3 is 0 Å². The number of hydrogen-bond acceptors (Lipinski definition) is 5. The number of nitrogens with zero attached hydrogens (tertiary/aromatic N) is 2. The number of sulfone groups is 1. The topological polar surface area (TPSA) is 87.2 Å². The Hall–Kier alpha value is -2.54. The van der Waals surface area contributed by atoms with Crippen molar-refractivity contribution >= 4 is 26.6 Å². The Labute approximate surface area is 158 Å². The molecular formula is C20H23N3O3S. The molecular weight excluding hydrogens is 362 g/mol. The minimum Gasteiger partial charge on any atom is -0.479 e. The summed E-state index contributed by atoms with van der Waals surface area (Å²) in [6.07, 6.45) is 6.91. The molecule has 1 aromatic carbocycles. The number of rotatable bonds is 4. The third kappa shape index (κ3) is 2.86. The van der Waals surface area contributed by atoms with Gasteiger partial charge in [-0.15, -0.1) is 0 Å². The summed E-state index contributed by atoms with van der Waals surface area (Å²) in [5.41, 5.74) is 7.16. The van der Waals surface area contributed by atoms with Gasteiger partial charge in [0.25, 0.3) is 0 Å². The van der Waals surface area contributed by atoms with Crippen molar-refractivity contribution in [3.8, 4) is 5.88 Å². The van der Waals surface area contributed by atoms with E-state index in [1.165, 1.54) is 6.42 Å². The van der Waals surface area contributed by atoms with Crippen LogP contribution in [0.2, 0.25) is 0 Å². The molecule has 0 atom stereocenters. The number of methoxy groups -OCH3 is 1. The first kappa shape index (κ1) is 17.9. The molecule has 1 saturated carbocycles. The van der Waals surface area contributed by atoms with Gasteiger partial charge in [-0.3, -0.25) is 0 Å². The highest BCUT2D eigenvalue weighted by atomic mass is 32.2. The smallest absolute Gasteiger partial charge is 0.238 e. The number of anilines is 1. The van der Waals surface area contributed by atoms with Gasteiger partial charge in [0.05, 0.1) is 12.0 Å². The number of aromatic nitrogens is 2.